The van der Waals surface area contributed by atoms with Crippen LogP contribution >= 0.6 is 11.6 Å². The van der Waals surface area contributed by atoms with Crippen molar-refractivity contribution < 1.29 is 23.1 Å². The van der Waals surface area contributed by atoms with E-state index in [2.05, 4.69) is 4.74 Å². The molecular weight excluding hydrogens is 242 g/mol. The van der Waals surface area contributed by atoms with Crippen LogP contribution in [0.4, 0.5) is 8.78 Å². The van der Waals surface area contributed by atoms with Gasteiger partial charge in [0.1, 0.15) is 0 Å². The van der Waals surface area contributed by atoms with Crippen molar-refractivity contribution in [2.45, 2.75) is 5.92 Å². The maximum absolute atomic E-state index is 13.2. The predicted molar refractivity (Wildman–Crippen MR) is 52.7 cm³/mol. The minimum absolute atomic E-state index is 0.143. The minimum Gasteiger partial charge on any atom is -0.464 e. The van der Waals surface area contributed by atoms with Crippen molar-refractivity contribution in [3.05, 3.63) is 34.9 Å². The standard InChI is InChI=1S/C10H7ClF2O3/c1-16-9(15)10(12,13)8(14)6-4-2-3-5-7(6)11/h2-5H,1H3. The van der Waals surface area contributed by atoms with E-state index in [0.29, 0.717) is 0 Å². The number of carbonyl (C=O) groups excluding carboxylic acids is 2. The maximum Gasteiger partial charge on any atom is 0.404 e. The summed E-state index contributed by atoms with van der Waals surface area (Å²) in [4.78, 5) is 22.1. The van der Waals surface area contributed by atoms with Crippen LogP contribution in [0.15, 0.2) is 24.3 Å². The molecule has 0 spiro atoms. The van der Waals surface area contributed by atoms with Crippen molar-refractivity contribution in [1.29, 1.82) is 0 Å². The van der Waals surface area contributed by atoms with Gasteiger partial charge >= 0.3 is 11.9 Å². The lowest BCUT2D eigenvalue weighted by Crippen LogP contribution is -2.39. The number of carbonyl (C=O) groups is 2. The molecular formula is C10H7ClF2O3. The third-order valence-corrected chi connectivity index (χ3v) is 2.18. The Balaban J connectivity index is 3.12. The number of alkyl halides is 2. The van der Waals surface area contributed by atoms with Gasteiger partial charge in [-0.1, -0.05) is 23.7 Å². The molecule has 0 unspecified atom stereocenters. The lowest BCUT2D eigenvalue weighted by Gasteiger charge is -2.12. The first kappa shape index (κ1) is 12.6. The number of hydrogen-bond acceptors (Lipinski definition) is 3. The molecule has 86 valence electrons. The highest BCUT2D eigenvalue weighted by molar-refractivity contribution is 6.35. The summed E-state index contributed by atoms with van der Waals surface area (Å²) < 4.78 is 30.2. The quantitative estimate of drug-likeness (QED) is 0.468. The van der Waals surface area contributed by atoms with Gasteiger partial charge in [0.15, 0.2) is 0 Å². The molecule has 0 N–H and O–H groups in total. The SMILES string of the molecule is COC(=O)C(F)(F)C(=O)c1ccccc1Cl. The summed E-state index contributed by atoms with van der Waals surface area (Å²) >= 11 is 5.57. The van der Waals surface area contributed by atoms with Gasteiger partial charge in [0.2, 0.25) is 5.78 Å². The van der Waals surface area contributed by atoms with Crippen molar-refractivity contribution in [2.75, 3.05) is 7.11 Å². The monoisotopic (exact) mass is 248 g/mol. The van der Waals surface area contributed by atoms with E-state index in [0.717, 1.165) is 13.2 Å². The molecule has 0 amide bonds. The second-order valence-electron chi connectivity index (χ2n) is 2.87. The van der Waals surface area contributed by atoms with E-state index in [1.807, 2.05) is 0 Å². The minimum atomic E-state index is -4.22. The van der Waals surface area contributed by atoms with Gasteiger partial charge in [-0.3, -0.25) is 4.79 Å². The molecule has 0 radical (unpaired) electrons. The highest BCUT2D eigenvalue weighted by Gasteiger charge is 2.49. The lowest BCUT2D eigenvalue weighted by molar-refractivity contribution is -0.161. The van der Waals surface area contributed by atoms with Gasteiger partial charge < -0.3 is 4.74 Å². The molecule has 16 heavy (non-hydrogen) atoms. The molecule has 1 aromatic rings. The van der Waals surface area contributed by atoms with Crippen LogP contribution in [0.25, 0.3) is 0 Å². The number of halogens is 3. The summed E-state index contributed by atoms with van der Waals surface area (Å²) in [6.07, 6.45) is 0. The van der Waals surface area contributed by atoms with E-state index in [1.165, 1.54) is 18.2 Å². The fraction of sp³-hybridized carbons (Fsp3) is 0.200. The van der Waals surface area contributed by atoms with Gasteiger partial charge in [-0.15, -0.1) is 0 Å². The summed E-state index contributed by atoms with van der Waals surface area (Å²) in [7, 11) is 0.774. The predicted octanol–water partition coefficient (Wildman–Crippen LogP) is 2.33. The van der Waals surface area contributed by atoms with E-state index >= 15 is 0 Å². The van der Waals surface area contributed by atoms with E-state index in [-0.39, 0.29) is 5.02 Å². The molecule has 0 heterocycles. The van der Waals surface area contributed by atoms with Crippen molar-refractivity contribution in [1.82, 2.24) is 0 Å². The van der Waals surface area contributed by atoms with Gasteiger partial charge in [0.05, 0.1) is 12.1 Å². The number of methoxy groups -OCH3 is 1. The number of benzene rings is 1. The number of ether oxygens (including phenoxy) is 1. The van der Waals surface area contributed by atoms with E-state index in [4.69, 9.17) is 11.6 Å². The summed E-state index contributed by atoms with van der Waals surface area (Å²) in [5.41, 5.74) is -0.417. The molecule has 0 aliphatic heterocycles. The first-order chi connectivity index (χ1) is 7.41. The lowest BCUT2D eigenvalue weighted by atomic mass is 10.1. The Labute approximate surface area is 95.0 Å². The van der Waals surface area contributed by atoms with Gasteiger partial charge in [-0.2, -0.15) is 8.78 Å². The molecule has 0 aliphatic carbocycles. The second kappa shape index (κ2) is 4.57. The molecule has 0 atom stereocenters. The van der Waals surface area contributed by atoms with Crippen molar-refractivity contribution >= 4 is 23.4 Å². The van der Waals surface area contributed by atoms with Crippen LogP contribution in [0.1, 0.15) is 10.4 Å². The average Bonchev–Trinajstić information content (AvgIpc) is 2.27. The van der Waals surface area contributed by atoms with Crippen molar-refractivity contribution in [3.63, 3.8) is 0 Å². The fourth-order valence-electron chi connectivity index (χ4n) is 1.04. The Kier molecular flexibility index (Phi) is 3.59. The van der Waals surface area contributed by atoms with E-state index < -0.39 is 23.2 Å². The number of ketones is 1. The smallest absolute Gasteiger partial charge is 0.404 e. The van der Waals surface area contributed by atoms with Crippen LogP contribution < -0.4 is 0 Å². The molecule has 0 aliphatic rings. The van der Waals surface area contributed by atoms with Crippen LogP contribution in [0.2, 0.25) is 5.02 Å². The number of esters is 1. The topological polar surface area (TPSA) is 43.4 Å². The van der Waals surface area contributed by atoms with Crippen LogP contribution in [-0.2, 0) is 9.53 Å². The Bertz CT molecular complexity index is 432. The molecule has 3 nitrogen and oxygen atoms in total. The first-order valence-electron chi connectivity index (χ1n) is 4.16. The zero-order chi connectivity index (χ0) is 12.3. The Morgan fingerprint density at radius 2 is 1.88 bits per heavy atom. The second-order valence-corrected chi connectivity index (χ2v) is 3.28. The van der Waals surface area contributed by atoms with Crippen LogP contribution in [0.5, 0.6) is 0 Å². The number of rotatable bonds is 3. The summed E-state index contributed by atoms with van der Waals surface area (Å²) in [5, 5.41) is -0.143. The summed E-state index contributed by atoms with van der Waals surface area (Å²) in [6, 6.07) is 5.24. The molecule has 0 aromatic heterocycles. The third kappa shape index (κ3) is 2.19. The van der Waals surface area contributed by atoms with Gasteiger partial charge in [0, 0.05) is 5.56 Å². The van der Waals surface area contributed by atoms with Crippen molar-refractivity contribution in [3.8, 4) is 0 Å². The summed E-state index contributed by atoms with van der Waals surface area (Å²) in [6.45, 7) is 0. The van der Waals surface area contributed by atoms with Gasteiger partial charge in [-0.05, 0) is 12.1 Å². The largest absolute Gasteiger partial charge is 0.464 e. The molecule has 0 fully saturated rings. The molecule has 1 rings (SSSR count). The average molecular weight is 249 g/mol. The highest BCUT2D eigenvalue weighted by atomic mass is 35.5. The normalized spacial score (nSPS) is 11.0. The zero-order valence-corrected chi connectivity index (χ0v) is 8.92. The van der Waals surface area contributed by atoms with Gasteiger partial charge in [-0.25, -0.2) is 4.79 Å². The Hall–Kier alpha value is -1.49. The van der Waals surface area contributed by atoms with E-state index in [1.54, 1.807) is 0 Å². The maximum atomic E-state index is 13.2. The zero-order valence-electron chi connectivity index (χ0n) is 8.17. The van der Waals surface area contributed by atoms with Crippen LogP contribution in [0, 0.1) is 0 Å². The third-order valence-electron chi connectivity index (χ3n) is 1.85. The van der Waals surface area contributed by atoms with Gasteiger partial charge in [0.25, 0.3) is 0 Å². The Morgan fingerprint density at radius 1 is 1.31 bits per heavy atom. The fourth-order valence-corrected chi connectivity index (χ4v) is 1.26. The first-order valence-corrected chi connectivity index (χ1v) is 4.54. The molecule has 0 saturated carbocycles. The highest BCUT2D eigenvalue weighted by Crippen LogP contribution is 2.25. The van der Waals surface area contributed by atoms with Crippen LogP contribution in [0.3, 0.4) is 0 Å². The molecule has 0 bridgehead atoms. The summed E-state index contributed by atoms with van der Waals surface area (Å²) in [5.74, 6) is -7.80. The molecule has 1 aromatic carbocycles. The molecule has 6 heteroatoms. The molecule has 0 saturated heterocycles. The Morgan fingerprint density at radius 3 is 2.38 bits per heavy atom. The van der Waals surface area contributed by atoms with Crippen LogP contribution in [-0.4, -0.2) is 24.8 Å². The number of Topliss-reactive ketones (excluding diaryl/α,β-unsaturated/α-hetero) is 1. The van der Waals surface area contributed by atoms with Crippen molar-refractivity contribution in [2.24, 2.45) is 0 Å². The van der Waals surface area contributed by atoms with E-state index in [9.17, 15) is 18.4 Å². The number of hydrogen-bond donors (Lipinski definition) is 0.